The summed E-state index contributed by atoms with van der Waals surface area (Å²) in [5.41, 5.74) is 2.54. The van der Waals surface area contributed by atoms with E-state index < -0.39 is 0 Å². The van der Waals surface area contributed by atoms with E-state index in [0.717, 1.165) is 11.3 Å². The highest BCUT2D eigenvalue weighted by Crippen LogP contribution is 2.15. The van der Waals surface area contributed by atoms with Gasteiger partial charge in [0.2, 0.25) is 5.95 Å². The minimum Gasteiger partial charge on any atom is -0.388 e. The Labute approximate surface area is 99.3 Å². The van der Waals surface area contributed by atoms with Gasteiger partial charge in [-0.15, -0.1) is 0 Å². The molecule has 2 rings (SSSR count). The van der Waals surface area contributed by atoms with Crippen LogP contribution < -0.4 is 10.6 Å². The largest absolute Gasteiger partial charge is 0.388 e. The van der Waals surface area contributed by atoms with Gasteiger partial charge in [0.05, 0.1) is 0 Å². The molecule has 2 aromatic rings. The molecule has 0 aliphatic heterocycles. The summed E-state index contributed by atoms with van der Waals surface area (Å²) in [6.45, 7) is 1.90. The van der Waals surface area contributed by atoms with E-state index in [1.54, 1.807) is 18.5 Å². The molecule has 3 N–H and O–H groups in total. The molecule has 0 fully saturated rings. The number of H-pyrrole nitrogens is 1. The highest BCUT2D eigenvalue weighted by Gasteiger charge is 2.10. The monoisotopic (exact) mass is 230 g/mol. The summed E-state index contributed by atoms with van der Waals surface area (Å²) in [5.74, 6) is 0.284. The van der Waals surface area contributed by atoms with Gasteiger partial charge in [-0.25, -0.2) is 4.98 Å². The Kier molecular flexibility index (Phi) is 3.09. The maximum Gasteiger partial charge on any atom is 0.258 e. The van der Waals surface area contributed by atoms with Crippen molar-refractivity contribution < 1.29 is 4.79 Å². The molecule has 1 aromatic heterocycles. The van der Waals surface area contributed by atoms with Crippen LogP contribution in [0.15, 0.2) is 30.6 Å². The zero-order valence-corrected chi connectivity index (χ0v) is 9.74. The average molecular weight is 230 g/mol. The number of nitrogens with zero attached hydrogens (tertiary/aromatic N) is 1. The van der Waals surface area contributed by atoms with Crippen LogP contribution in [0.2, 0.25) is 0 Å². The molecule has 0 spiro atoms. The lowest BCUT2D eigenvalue weighted by molar-refractivity contribution is 0.102. The van der Waals surface area contributed by atoms with Crippen LogP contribution in [0, 0.1) is 6.92 Å². The summed E-state index contributed by atoms with van der Waals surface area (Å²) in [6.07, 6.45) is 3.25. The summed E-state index contributed by atoms with van der Waals surface area (Å²) < 4.78 is 0. The van der Waals surface area contributed by atoms with Crippen molar-refractivity contribution in [1.29, 1.82) is 0 Å². The van der Waals surface area contributed by atoms with Crippen LogP contribution in [-0.2, 0) is 0 Å². The van der Waals surface area contributed by atoms with Crippen LogP contribution in [0.4, 0.5) is 11.6 Å². The van der Waals surface area contributed by atoms with E-state index in [9.17, 15) is 4.79 Å². The highest BCUT2D eigenvalue weighted by molar-refractivity contribution is 6.04. The predicted molar refractivity (Wildman–Crippen MR) is 67.3 cm³/mol. The molecule has 0 unspecified atom stereocenters. The fourth-order valence-corrected chi connectivity index (χ4v) is 1.58. The molecule has 0 radical (unpaired) electrons. The Morgan fingerprint density at radius 3 is 2.82 bits per heavy atom. The quantitative estimate of drug-likeness (QED) is 0.755. The second kappa shape index (κ2) is 4.69. The van der Waals surface area contributed by atoms with E-state index in [1.165, 1.54) is 0 Å². The van der Waals surface area contributed by atoms with Crippen LogP contribution in [0.5, 0.6) is 0 Å². The predicted octanol–water partition coefficient (Wildman–Crippen LogP) is 2.01. The SMILES string of the molecule is CNc1ccc(C(=O)Nc2ncc[nH]2)c(C)c1. The van der Waals surface area contributed by atoms with Gasteiger partial charge in [-0.3, -0.25) is 10.1 Å². The van der Waals surface area contributed by atoms with Gasteiger partial charge >= 0.3 is 0 Å². The molecule has 0 atom stereocenters. The third-order valence-corrected chi connectivity index (χ3v) is 2.49. The number of aromatic amines is 1. The third-order valence-electron chi connectivity index (χ3n) is 2.49. The van der Waals surface area contributed by atoms with Gasteiger partial charge in [0.25, 0.3) is 5.91 Å². The molecule has 1 aromatic carbocycles. The number of carbonyl (C=O) groups excluding carboxylic acids is 1. The summed E-state index contributed by atoms with van der Waals surface area (Å²) in [7, 11) is 1.84. The van der Waals surface area contributed by atoms with Crippen molar-refractivity contribution in [2.45, 2.75) is 6.92 Å². The molecule has 0 saturated carbocycles. The van der Waals surface area contributed by atoms with Crippen molar-refractivity contribution in [1.82, 2.24) is 9.97 Å². The van der Waals surface area contributed by atoms with Gasteiger partial charge in [-0.1, -0.05) is 0 Å². The maximum absolute atomic E-state index is 11.9. The van der Waals surface area contributed by atoms with E-state index in [2.05, 4.69) is 20.6 Å². The zero-order chi connectivity index (χ0) is 12.3. The Morgan fingerprint density at radius 1 is 1.41 bits per heavy atom. The van der Waals surface area contributed by atoms with Gasteiger partial charge < -0.3 is 10.3 Å². The normalized spacial score (nSPS) is 10.0. The number of amides is 1. The fourth-order valence-electron chi connectivity index (χ4n) is 1.58. The van der Waals surface area contributed by atoms with E-state index in [-0.39, 0.29) is 5.91 Å². The molecule has 5 nitrogen and oxygen atoms in total. The van der Waals surface area contributed by atoms with Gasteiger partial charge in [-0.05, 0) is 30.7 Å². The molecule has 0 aliphatic carbocycles. The molecular weight excluding hydrogens is 216 g/mol. The molecule has 1 heterocycles. The first-order valence-corrected chi connectivity index (χ1v) is 5.30. The van der Waals surface area contributed by atoms with Gasteiger partial charge in [0.15, 0.2) is 0 Å². The van der Waals surface area contributed by atoms with Crippen LogP contribution in [0.1, 0.15) is 15.9 Å². The van der Waals surface area contributed by atoms with E-state index in [4.69, 9.17) is 0 Å². The second-order valence-corrected chi connectivity index (χ2v) is 3.67. The minimum atomic E-state index is -0.167. The first-order chi connectivity index (χ1) is 8.20. The fraction of sp³-hybridized carbons (Fsp3) is 0.167. The van der Waals surface area contributed by atoms with Crippen LogP contribution >= 0.6 is 0 Å². The van der Waals surface area contributed by atoms with Crippen molar-refractivity contribution in [3.63, 3.8) is 0 Å². The number of aryl methyl sites for hydroxylation is 1. The molecule has 0 aliphatic rings. The lowest BCUT2D eigenvalue weighted by atomic mass is 10.1. The van der Waals surface area contributed by atoms with Crippen molar-refractivity contribution in [2.75, 3.05) is 17.7 Å². The number of anilines is 2. The molecule has 0 saturated heterocycles. The van der Waals surface area contributed by atoms with Crippen LogP contribution in [0.25, 0.3) is 0 Å². The Hall–Kier alpha value is -2.30. The lowest BCUT2D eigenvalue weighted by Gasteiger charge is -2.07. The maximum atomic E-state index is 11.9. The minimum absolute atomic E-state index is 0.167. The van der Waals surface area contributed by atoms with Gasteiger partial charge in [0, 0.05) is 30.7 Å². The number of aromatic nitrogens is 2. The Balaban J connectivity index is 2.19. The summed E-state index contributed by atoms with van der Waals surface area (Å²) in [5, 5.41) is 5.72. The smallest absolute Gasteiger partial charge is 0.258 e. The average Bonchev–Trinajstić information content (AvgIpc) is 2.81. The van der Waals surface area contributed by atoms with Gasteiger partial charge in [-0.2, -0.15) is 0 Å². The zero-order valence-electron chi connectivity index (χ0n) is 9.74. The van der Waals surface area contributed by atoms with Crippen molar-refractivity contribution >= 4 is 17.5 Å². The number of carbonyl (C=O) groups is 1. The summed E-state index contributed by atoms with van der Waals surface area (Å²) in [4.78, 5) is 18.7. The Morgan fingerprint density at radius 2 is 2.24 bits per heavy atom. The topological polar surface area (TPSA) is 69.8 Å². The summed E-state index contributed by atoms with van der Waals surface area (Å²) >= 11 is 0. The highest BCUT2D eigenvalue weighted by atomic mass is 16.1. The van der Waals surface area contributed by atoms with Crippen molar-refractivity contribution in [2.24, 2.45) is 0 Å². The summed E-state index contributed by atoms with van der Waals surface area (Å²) in [6, 6.07) is 5.58. The number of nitrogens with one attached hydrogen (secondary N) is 3. The lowest BCUT2D eigenvalue weighted by Crippen LogP contribution is -2.14. The number of hydrogen-bond donors (Lipinski definition) is 3. The molecule has 5 heteroatoms. The molecule has 0 bridgehead atoms. The van der Waals surface area contributed by atoms with Crippen molar-refractivity contribution in [3.8, 4) is 0 Å². The van der Waals surface area contributed by atoms with E-state index in [0.29, 0.717) is 11.5 Å². The van der Waals surface area contributed by atoms with E-state index in [1.807, 2.05) is 26.1 Å². The molecule has 88 valence electrons. The van der Waals surface area contributed by atoms with Gasteiger partial charge in [0.1, 0.15) is 0 Å². The van der Waals surface area contributed by atoms with Crippen molar-refractivity contribution in [3.05, 3.63) is 41.7 Å². The number of hydrogen-bond acceptors (Lipinski definition) is 3. The Bertz CT molecular complexity index is 519. The number of benzene rings is 1. The number of imidazole rings is 1. The molecule has 1 amide bonds. The van der Waals surface area contributed by atoms with E-state index >= 15 is 0 Å². The van der Waals surface area contributed by atoms with Crippen LogP contribution in [0.3, 0.4) is 0 Å². The standard InChI is InChI=1S/C12H14N4O/c1-8-7-9(13-2)3-4-10(8)11(17)16-12-14-5-6-15-12/h3-7,13H,1-2H3,(H2,14,15,16,17). The number of rotatable bonds is 3. The van der Waals surface area contributed by atoms with Crippen LogP contribution in [-0.4, -0.2) is 22.9 Å². The first kappa shape index (κ1) is 11.2. The molecular formula is C12H14N4O. The third kappa shape index (κ3) is 2.44. The first-order valence-electron chi connectivity index (χ1n) is 5.30. The molecule has 17 heavy (non-hydrogen) atoms. The second-order valence-electron chi connectivity index (χ2n) is 3.67.